The largest absolute Gasteiger partial charge is 0.368 e. The molecule has 2 aromatic rings. The molecule has 0 spiro atoms. The van der Waals surface area contributed by atoms with E-state index >= 15 is 0 Å². The Morgan fingerprint density at radius 2 is 1.92 bits per heavy atom. The smallest absolute Gasteiger partial charge is 0.258 e. The van der Waals surface area contributed by atoms with Gasteiger partial charge in [0.15, 0.2) is 0 Å². The van der Waals surface area contributed by atoms with Gasteiger partial charge in [0.25, 0.3) is 5.91 Å². The summed E-state index contributed by atoms with van der Waals surface area (Å²) in [5.41, 5.74) is 7.40. The van der Waals surface area contributed by atoms with E-state index in [0.717, 1.165) is 5.69 Å². The van der Waals surface area contributed by atoms with Crippen LogP contribution >= 0.6 is 0 Å². The molecule has 8 heteroatoms. The first-order valence-electron chi connectivity index (χ1n) is 7.98. The SMILES string of the molecule is Cc1nn(C)cc1C(=O)N1CCN(c2ccc(F)cc2)CC1C(N)=O. The fourth-order valence-electron chi connectivity index (χ4n) is 3.12. The van der Waals surface area contributed by atoms with Gasteiger partial charge in [-0.2, -0.15) is 5.10 Å². The number of aryl methyl sites for hydroxylation is 2. The van der Waals surface area contributed by atoms with Crippen LogP contribution in [0.25, 0.3) is 0 Å². The maximum absolute atomic E-state index is 13.1. The van der Waals surface area contributed by atoms with E-state index in [1.165, 1.54) is 17.0 Å². The molecule has 1 unspecified atom stereocenters. The molecule has 7 nitrogen and oxygen atoms in total. The van der Waals surface area contributed by atoms with Crippen molar-refractivity contribution < 1.29 is 14.0 Å². The Morgan fingerprint density at radius 3 is 2.48 bits per heavy atom. The molecule has 0 aliphatic carbocycles. The molecule has 1 atom stereocenters. The molecular weight excluding hydrogens is 325 g/mol. The summed E-state index contributed by atoms with van der Waals surface area (Å²) in [6, 6.07) is 5.27. The minimum atomic E-state index is -0.758. The topological polar surface area (TPSA) is 84.5 Å². The fraction of sp³-hybridized carbons (Fsp3) is 0.353. The molecule has 1 fully saturated rings. The van der Waals surface area contributed by atoms with Crippen LogP contribution in [0.2, 0.25) is 0 Å². The molecule has 1 aromatic carbocycles. The van der Waals surface area contributed by atoms with Gasteiger partial charge in [-0.05, 0) is 31.2 Å². The Hall–Kier alpha value is -2.90. The van der Waals surface area contributed by atoms with Crippen molar-refractivity contribution in [3.05, 3.63) is 47.5 Å². The zero-order chi connectivity index (χ0) is 18.1. The van der Waals surface area contributed by atoms with Gasteiger partial charge in [-0.1, -0.05) is 0 Å². The van der Waals surface area contributed by atoms with E-state index in [1.54, 1.807) is 37.0 Å². The number of aromatic nitrogens is 2. The number of nitrogens with two attached hydrogens (primary N) is 1. The molecule has 1 aromatic heterocycles. The van der Waals surface area contributed by atoms with Gasteiger partial charge in [-0.3, -0.25) is 14.3 Å². The Bertz CT molecular complexity index is 802. The van der Waals surface area contributed by atoms with Crippen LogP contribution < -0.4 is 10.6 Å². The number of carbonyl (C=O) groups excluding carboxylic acids is 2. The van der Waals surface area contributed by atoms with Gasteiger partial charge in [0.05, 0.1) is 11.3 Å². The number of benzene rings is 1. The Morgan fingerprint density at radius 1 is 1.24 bits per heavy atom. The molecule has 0 saturated carbocycles. The Labute approximate surface area is 144 Å². The lowest BCUT2D eigenvalue weighted by atomic mass is 10.1. The second kappa shape index (κ2) is 6.54. The third-order valence-corrected chi connectivity index (χ3v) is 4.41. The average Bonchev–Trinajstić information content (AvgIpc) is 2.92. The van der Waals surface area contributed by atoms with Crippen molar-refractivity contribution in [2.45, 2.75) is 13.0 Å². The summed E-state index contributed by atoms with van der Waals surface area (Å²) in [6.07, 6.45) is 1.64. The predicted molar refractivity (Wildman–Crippen MR) is 90.6 cm³/mol. The minimum absolute atomic E-state index is 0.256. The van der Waals surface area contributed by atoms with E-state index in [1.807, 2.05) is 4.90 Å². The molecule has 1 aliphatic heterocycles. The van der Waals surface area contributed by atoms with E-state index in [-0.39, 0.29) is 18.3 Å². The van der Waals surface area contributed by atoms with Crippen molar-refractivity contribution in [1.29, 1.82) is 0 Å². The van der Waals surface area contributed by atoms with Crippen molar-refractivity contribution in [2.24, 2.45) is 12.8 Å². The van der Waals surface area contributed by atoms with Gasteiger partial charge in [-0.15, -0.1) is 0 Å². The lowest BCUT2D eigenvalue weighted by Gasteiger charge is -2.40. The Kier molecular flexibility index (Phi) is 4.43. The lowest BCUT2D eigenvalue weighted by Crippen LogP contribution is -2.60. The van der Waals surface area contributed by atoms with Gasteiger partial charge in [0, 0.05) is 38.6 Å². The number of carbonyl (C=O) groups is 2. The molecule has 2 amide bonds. The van der Waals surface area contributed by atoms with Gasteiger partial charge < -0.3 is 15.5 Å². The summed E-state index contributed by atoms with van der Waals surface area (Å²) >= 11 is 0. The lowest BCUT2D eigenvalue weighted by molar-refractivity contribution is -0.122. The molecule has 1 aliphatic rings. The monoisotopic (exact) mass is 345 g/mol. The molecule has 25 heavy (non-hydrogen) atoms. The summed E-state index contributed by atoms with van der Waals surface area (Å²) in [5.74, 6) is -1.15. The minimum Gasteiger partial charge on any atom is -0.368 e. The number of hydrogen-bond donors (Lipinski definition) is 1. The molecule has 132 valence electrons. The summed E-state index contributed by atoms with van der Waals surface area (Å²) in [7, 11) is 1.74. The van der Waals surface area contributed by atoms with Gasteiger partial charge in [0.2, 0.25) is 5.91 Å². The number of amides is 2. The third kappa shape index (κ3) is 3.33. The normalized spacial score (nSPS) is 17.6. The van der Waals surface area contributed by atoms with E-state index in [9.17, 15) is 14.0 Å². The van der Waals surface area contributed by atoms with E-state index in [0.29, 0.717) is 24.3 Å². The van der Waals surface area contributed by atoms with Gasteiger partial charge in [-0.25, -0.2) is 4.39 Å². The van der Waals surface area contributed by atoms with E-state index in [2.05, 4.69) is 5.10 Å². The van der Waals surface area contributed by atoms with Gasteiger partial charge in [0.1, 0.15) is 11.9 Å². The van der Waals surface area contributed by atoms with Gasteiger partial charge >= 0.3 is 0 Å². The zero-order valence-electron chi connectivity index (χ0n) is 14.1. The molecule has 0 radical (unpaired) electrons. The standard InChI is InChI=1S/C17H20FN5O2/c1-11-14(9-21(2)20-11)17(25)23-8-7-22(10-15(23)16(19)24)13-5-3-12(18)4-6-13/h3-6,9,15H,7-8,10H2,1-2H3,(H2,19,24). The summed E-state index contributed by atoms with van der Waals surface area (Å²) < 4.78 is 14.7. The third-order valence-electron chi connectivity index (χ3n) is 4.41. The predicted octanol–water partition coefficient (Wildman–Crippen LogP) is 0.684. The van der Waals surface area contributed by atoms with E-state index in [4.69, 9.17) is 5.73 Å². The highest BCUT2D eigenvalue weighted by Crippen LogP contribution is 2.21. The molecule has 1 saturated heterocycles. The average molecular weight is 345 g/mol. The highest BCUT2D eigenvalue weighted by Gasteiger charge is 2.35. The second-order valence-corrected chi connectivity index (χ2v) is 6.14. The molecule has 2 heterocycles. The van der Waals surface area contributed by atoms with Crippen molar-refractivity contribution in [1.82, 2.24) is 14.7 Å². The second-order valence-electron chi connectivity index (χ2n) is 6.14. The zero-order valence-corrected chi connectivity index (χ0v) is 14.1. The number of piperazine rings is 1. The number of rotatable bonds is 3. The van der Waals surface area contributed by atoms with Crippen LogP contribution in [0.1, 0.15) is 16.1 Å². The maximum Gasteiger partial charge on any atom is 0.258 e. The van der Waals surface area contributed by atoms with Crippen LogP contribution in [0.4, 0.5) is 10.1 Å². The maximum atomic E-state index is 13.1. The number of halogens is 1. The number of anilines is 1. The number of nitrogens with zero attached hydrogens (tertiary/aromatic N) is 4. The molecule has 3 rings (SSSR count). The van der Waals surface area contributed by atoms with Crippen LogP contribution in [0, 0.1) is 12.7 Å². The first kappa shape index (κ1) is 16.9. The van der Waals surface area contributed by atoms with Crippen molar-refractivity contribution in [3.63, 3.8) is 0 Å². The highest BCUT2D eigenvalue weighted by atomic mass is 19.1. The van der Waals surface area contributed by atoms with Crippen LogP contribution in [0.5, 0.6) is 0 Å². The number of hydrogen-bond acceptors (Lipinski definition) is 4. The van der Waals surface area contributed by atoms with E-state index < -0.39 is 11.9 Å². The first-order chi connectivity index (χ1) is 11.9. The Balaban J connectivity index is 1.82. The van der Waals surface area contributed by atoms with Crippen molar-refractivity contribution in [3.8, 4) is 0 Å². The van der Waals surface area contributed by atoms with Crippen LogP contribution in [-0.2, 0) is 11.8 Å². The van der Waals surface area contributed by atoms with Crippen molar-refractivity contribution >= 4 is 17.5 Å². The van der Waals surface area contributed by atoms with Crippen molar-refractivity contribution in [2.75, 3.05) is 24.5 Å². The van der Waals surface area contributed by atoms with Crippen LogP contribution in [0.15, 0.2) is 30.5 Å². The summed E-state index contributed by atoms with van der Waals surface area (Å²) in [4.78, 5) is 28.2. The van der Waals surface area contributed by atoms with Crippen LogP contribution in [0.3, 0.4) is 0 Å². The van der Waals surface area contributed by atoms with Crippen LogP contribution in [-0.4, -0.2) is 52.2 Å². The highest BCUT2D eigenvalue weighted by molar-refractivity contribution is 5.98. The summed E-state index contributed by atoms with van der Waals surface area (Å²) in [6.45, 7) is 2.89. The molecular formula is C17H20FN5O2. The quantitative estimate of drug-likeness (QED) is 0.887. The summed E-state index contributed by atoms with van der Waals surface area (Å²) in [5, 5.41) is 4.17. The number of primary amides is 1. The molecule has 0 bridgehead atoms. The molecule has 2 N–H and O–H groups in total. The first-order valence-corrected chi connectivity index (χ1v) is 7.98. The fourth-order valence-corrected chi connectivity index (χ4v) is 3.12.